The van der Waals surface area contributed by atoms with Crippen molar-refractivity contribution in [3.8, 4) is 5.75 Å². The lowest BCUT2D eigenvalue weighted by Gasteiger charge is -2.04. The Balaban J connectivity index is 2.34. The Morgan fingerprint density at radius 2 is 2.25 bits per heavy atom. The molecule has 0 fully saturated rings. The zero-order chi connectivity index (χ0) is 11.5. The van der Waals surface area contributed by atoms with Crippen molar-refractivity contribution in [3.63, 3.8) is 0 Å². The Morgan fingerprint density at radius 1 is 1.44 bits per heavy atom. The molecule has 1 heterocycles. The van der Waals surface area contributed by atoms with E-state index < -0.39 is 0 Å². The van der Waals surface area contributed by atoms with Gasteiger partial charge in [0.2, 0.25) is 0 Å². The molecule has 0 aliphatic heterocycles. The zero-order valence-electron chi connectivity index (χ0n) is 9.79. The molecule has 3 N–H and O–H groups in total. The minimum atomic E-state index is 0.246. The van der Waals surface area contributed by atoms with E-state index in [2.05, 4.69) is 17.2 Å². The molecule has 0 saturated carbocycles. The van der Waals surface area contributed by atoms with Crippen molar-refractivity contribution >= 4 is 10.9 Å². The SMILES string of the molecule is COc1cccc2c(CCC(C)N)c[nH]c12. The summed E-state index contributed by atoms with van der Waals surface area (Å²) in [6.45, 7) is 2.04. The Morgan fingerprint density at radius 3 is 2.94 bits per heavy atom. The highest BCUT2D eigenvalue weighted by molar-refractivity contribution is 5.88. The fraction of sp³-hybridized carbons (Fsp3) is 0.385. The fourth-order valence-electron chi connectivity index (χ4n) is 1.94. The quantitative estimate of drug-likeness (QED) is 0.828. The van der Waals surface area contributed by atoms with Gasteiger partial charge in [0.1, 0.15) is 5.75 Å². The highest BCUT2D eigenvalue weighted by Gasteiger charge is 2.07. The van der Waals surface area contributed by atoms with Gasteiger partial charge in [-0.15, -0.1) is 0 Å². The van der Waals surface area contributed by atoms with Crippen LogP contribution in [0.2, 0.25) is 0 Å². The molecule has 1 aromatic carbocycles. The van der Waals surface area contributed by atoms with Crippen molar-refractivity contribution < 1.29 is 4.74 Å². The molecule has 3 nitrogen and oxygen atoms in total. The molecule has 2 aromatic rings. The summed E-state index contributed by atoms with van der Waals surface area (Å²) < 4.78 is 5.31. The number of aromatic nitrogens is 1. The molecule has 0 aliphatic carbocycles. The molecule has 0 spiro atoms. The highest BCUT2D eigenvalue weighted by atomic mass is 16.5. The maximum atomic E-state index is 5.77. The second kappa shape index (κ2) is 4.58. The molecule has 86 valence electrons. The van der Waals surface area contributed by atoms with Gasteiger partial charge in [0.15, 0.2) is 0 Å². The van der Waals surface area contributed by atoms with Crippen molar-refractivity contribution in [2.24, 2.45) is 5.73 Å². The summed E-state index contributed by atoms with van der Waals surface area (Å²) in [7, 11) is 1.69. The average molecular weight is 218 g/mol. The number of nitrogens with two attached hydrogens (primary N) is 1. The van der Waals surface area contributed by atoms with E-state index in [1.807, 2.05) is 19.1 Å². The number of H-pyrrole nitrogens is 1. The molecule has 0 bridgehead atoms. The lowest BCUT2D eigenvalue weighted by Crippen LogP contribution is -2.15. The maximum Gasteiger partial charge on any atom is 0.142 e. The number of hydrogen-bond acceptors (Lipinski definition) is 2. The zero-order valence-corrected chi connectivity index (χ0v) is 9.79. The fourth-order valence-corrected chi connectivity index (χ4v) is 1.94. The van der Waals surface area contributed by atoms with Crippen LogP contribution in [0.15, 0.2) is 24.4 Å². The third kappa shape index (κ3) is 2.04. The molecule has 3 heteroatoms. The molecular formula is C13H18N2O. The normalized spacial score (nSPS) is 12.9. The molecule has 2 rings (SSSR count). The number of methoxy groups -OCH3 is 1. The number of para-hydroxylation sites is 1. The van der Waals surface area contributed by atoms with Gasteiger partial charge in [-0.05, 0) is 31.4 Å². The molecule has 0 aliphatic rings. The van der Waals surface area contributed by atoms with Gasteiger partial charge in [-0.1, -0.05) is 12.1 Å². The molecule has 1 atom stereocenters. The van der Waals surface area contributed by atoms with Gasteiger partial charge in [-0.25, -0.2) is 0 Å². The average Bonchev–Trinajstić information content (AvgIpc) is 2.69. The van der Waals surface area contributed by atoms with E-state index in [0.717, 1.165) is 24.1 Å². The van der Waals surface area contributed by atoms with Crippen LogP contribution in [-0.4, -0.2) is 18.1 Å². The predicted octanol–water partition coefficient (Wildman–Crippen LogP) is 2.46. The smallest absolute Gasteiger partial charge is 0.142 e. The largest absolute Gasteiger partial charge is 0.495 e. The van der Waals surface area contributed by atoms with E-state index in [1.165, 1.54) is 10.9 Å². The van der Waals surface area contributed by atoms with Crippen LogP contribution >= 0.6 is 0 Å². The third-order valence-electron chi connectivity index (χ3n) is 2.85. The van der Waals surface area contributed by atoms with Crippen LogP contribution in [0.3, 0.4) is 0 Å². The van der Waals surface area contributed by atoms with Crippen LogP contribution in [0.1, 0.15) is 18.9 Å². The second-order valence-corrected chi connectivity index (χ2v) is 4.21. The first kappa shape index (κ1) is 11.0. The molecule has 16 heavy (non-hydrogen) atoms. The van der Waals surface area contributed by atoms with Gasteiger partial charge in [0.05, 0.1) is 12.6 Å². The van der Waals surface area contributed by atoms with Crippen molar-refractivity contribution in [2.75, 3.05) is 7.11 Å². The van der Waals surface area contributed by atoms with E-state index in [0.29, 0.717) is 0 Å². The molecule has 1 unspecified atom stereocenters. The third-order valence-corrected chi connectivity index (χ3v) is 2.85. The molecule has 0 radical (unpaired) electrons. The summed E-state index contributed by atoms with van der Waals surface area (Å²) in [6.07, 6.45) is 4.06. The standard InChI is InChI=1S/C13H18N2O/c1-9(14)6-7-10-8-15-13-11(10)4-3-5-12(13)16-2/h3-5,8-9,15H,6-7,14H2,1-2H3. The first-order chi connectivity index (χ1) is 7.72. The Hall–Kier alpha value is -1.48. The number of hydrogen-bond donors (Lipinski definition) is 2. The minimum Gasteiger partial charge on any atom is -0.495 e. The van der Waals surface area contributed by atoms with Gasteiger partial charge < -0.3 is 15.5 Å². The van der Waals surface area contributed by atoms with Crippen LogP contribution in [0.5, 0.6) is 5.75 Å². The Bertz CT molecular complexity index is 474. The van der Waals surface area contributed by atoms with Gasteiger partial charge in [0, 0.05) is 17.6 Å². The first-order valence-corrected chi connectivity index (χ1v) is 5.61. The van der Waals surface area contributed by atoms with Gasteiger partial charge >= 0.3 is 0 Å². The van der Waals surface area contributed by atoms with Gasteiger partial charge in [-0.3, -0.25) is 0 Å². The van der Waals surface area contributed by atoms with E-state index >= 15 is 0 Å². The summed E-state index contributed by atoms with van der Waals surface area (Å²) in [5.74, 6) is 0.893. The summed E-state index contributed by atoms with van der Waals surface area (Å²) in [5.41, 5.74) is 8.16. The Labute approximate surface area is 95.6 Å². The van der Waals surface area contributed by atoms with Crippen LogP contribution < -0.4 is 10.5 Å². The lowest BCUT2D eigenvalue weighted by atomic mass is 10.1. The van der Waals surface area contributed by atoms with E-state index in [9.17, 15) is 0 Å². The Kier molecular flexibility index (Phi) is 3.15. The first-order valence-electron chi connectivity index (χ1n) is 5.61. The summed E-state index contributed by atoms with van der Waals surface area (Å²) in [4.78, 5) is 3.27. The van der Waals surface area contributed by atoms with Crippen LogP contribution in [-0.2, 0) is 6.42 Å². The van der Waals surface area contributed by atoms with Crippen molar-refractivity contribution in [3.05, 3.63) is 30.0 Å². The predicted molar refractivity (Wildman–Crippen MR) is 66.8 cm³/mol. The molecule has 0 saturated heterocycles. The van der Waals surface area contributed by atoms with Crippen LogP contribution in [0, 0.1) is 0 Å². The van der Waals surface area contributed by atoms with E-state index in [1.54, 1.807) is 7.11 Å². The highest BCUT2D eigenvalue weighted by Crippen LogP contribution is 2.27. The second-order valence-electron chi connectivity index (χ2n) is 4.21. The monoisotopic (exact) mass is 218 g/mol. The summed E-state index contributed by atoms with van der Waals surface area (Å²) >= 11 is 0. The van der Waals surface area contributed by atoms with Crippen molar-refractivity contribution in [2.45, 2.75) is 25.8 Å². The topological polar surface area (TPSA) is 51.0 Å². The summed E-state index contributed by atoms with van der Waals surface area (Å²) in [5, 5.41) is 1.24. The molecule has 0 amide bonds. The van der Waals surface area contributed by atoms with Crippen molar-refractivity contribution in [1.29, 1.82) is 0 Å². The minimum absolute atomic E-state index is 0.246. The molecular weight excluding hydrogens is 200 g/mol. The lowest BCUT2D eigenvalue weighted by molar-refractivity contribution is 0.419. The number of fused-ring (bicyclic) bond motifs is 1. The molecule has 1 aromatic heterocycles. The van der Waals surface area contributed by atoms with Gasteiger partial charge in [0.25, 0.3) is 0 Å². The van der Waals surface area contributed by atoms with Crippen LogP contribution in [0.25, 0.3) is 10.9 Å². The number of aromatic amines is 1. The number of nitrogens with one attached hydrogen (secondary N) is 1. The van der Waals surface area contributed by atoms with Gasteiger partial charge in [-0.2, -0.15) is 0 Å². The summed E-state index contributed by atoms with van der Waals surface area (Å²) in [6, 6.07) is 6.35. The maximum absolute atomic E-state index is 5.77. The van der Waals surface area contributed by atoms with E-state index in [4.69, 9.17) is 10.5 Å². The number of benzene rings is 1. The van der Waals surface area contributed by atoms with Crippen molar-refractivity contribution in [1.82, 2.24) is 4.98 Å². The van der Waals surface area contributed by atoms with E-state index in [-0.39, 0.29) is 6.04 Å². The number of aryl methyl sites for hydroxylation is 1. The van der Waals surface area contributed by atoms with Crippen LogP contribution in [0.4, 0.5) is 0 Å². The number of rotatable bonds is 4. The number of ether oxygens (including phenoxy) is 1.